The number of hydrogen-bond acceptors (Lipinski definition) is 19. The molecule has 580 valence electrons. The first-order valence-corrected chi connectivity index (χ1v) is 30.3. The van der Waals surface area contributed by atoms with Gasteiger partial charge >= 0.3 is 97.5 Å². The van der Waals surface area contributed by atoms with Gasteiger partial charge in [0.15, 0.2) is 0 Å². The minimum absolute atomic E-state index is 0. The number of fused-ring (bicyclic) bond motifs is 4. The number of carbonyl (C=O) groups is 13. The number of aliphatic carboxylic acids is 2. The topological polar surface area (TPSA) is 383 Å². The van der Waals surface area contributed by atoms with Crippen molar-refractivity contribution < 1.29 is 147 Å². The summed E-state index contributed by atoms with van der Waals surface area (Å²) in [6.45, 7) is 28.0. The van der Waals surface area contributed by atoms with E-state index in [0.717, 1.165) is 25.5 Å². The zero-order valence-corrected chi connectivity index (χ0v) is 56.9. The van der Waals surface area contributed by atoms with Crippen molar-refractivity contribution in [3.8, 4) is 0 Å². The van der Waals surface area contributed by atoms with Crippen LogP contribution in [0.3, 0.4) is 0 Å². The predicted molar refractivity (Wildman–Crippen MR) is 350 cm³/mol. The SMILES string of the molecule is C.C.C.C.C=CC(=O)OC.CC(C)(C)OC(=O)N1CCN2C(=O)N(CCC(=O)O)C[C@@H]2C1.CC(C)(C)OC(=O)N1CCN2C(=O)NC[C@@H]2C1.COC(=O)CCN1C[C@@H]2CN(C(=O)OC(C)(C)C)CCN2C1=O.O=C(O)CCN1C[C@@H]2CCCCN2C1=O.O=CC(F)(F)F.O=CC(F)(F)F.[Li+].[OH-]. The Labute approximate surface area is 599 Å². The molecule has 8 aliphatic heterocycles. The van der Waals surface area contributed by atoms with Gasteiger partial charge in [-0.15, -0.1) is 0 Å². The summed E-state index contributed by atoms with van der Waals surface area (Å²) in [6, 6.07) is 0.0467. The van der Waals surface area contributed by atoms with Crippen LogP contribution in [0.15, 0.2) is 12.7 Å². The van der Waals surface area contributed by atoms with Crippen molar-refractivity contribution in [1.82, 2.24) is 54.3 Å². The monoisotopic (exact) mass is 1460 g/mol. The number of ether oxygens (including phenoxy) is 5. The van der Waals surface area contributed by atoms with Crippen molar-refractivity contribution in [2.24, 2.45) is 0 Å². The zero-order valence-electron chi connectivity index (χ0n) is 56.9. The van der Waals surface area contributed by atoms with Crippen LogP contribution in [0.1, 0.15) is 131 Å². The number of nitrogens with zero attached hydrogens (tertiary/aromatic N) is 10. The van der Waals surface area contributed by atoms with Gasteiger partial charge in [0.05, 0.1) is 57.6 Å². The molecule has 8 rings (SSSR count). The van der Waals surface area contributed by atoms with E-state index >= 15 is 0 Å². The van der Waals surface area contributed by atoms with Crippen LogP contribution >= 0.6 is 0 Å². The molecule has 0 unspecified atom stereocenters. The summed E-state index contributed by atoms with van der Waals surface area (Å²) < 4.78 is 87.3. The van der Waals surface area contributed by atoms with Gasteiger partial charge in [-0.3, -0.25) is 24.0 Å². The second-order valence-corrected chi connectivity index (χ2v) is 25.2. The number of nitrogens with one attached hydrogen (secondary N) is 1. The number of piperazine rings is 3. The molecule has 0 radical (unpaired) electrons. The van der Waals surface area contributed by atoms with Gasteiger partial charge < -0.3 is 93.7 Å². The molecular formula is C62H108F6LiN11O21. The molecule has 4 N–H and O–H groups in total. The number of hydrogen-bond donors (Lipinski definition) is 3. The van der Waals surface area contributed by atoms with Crippen LogP contribution in [0.2, 0.25) is 0 Å². The molecule has 0 spiro atoms. The molecule has 0 aromatic carbocycles. The number of alkyl halides is 6. The number of carboxylic acid groups (broad SMARTS) is 2. The maximum atomic E-state index is 12.3. The van der Waals surface area contributed by atoms with Crippen LogP contribution in [0.25, 0.3) is 0 Å². The van der Waals surface area contributed by atoms with Crippen molar-refractivity contribution in [1.29, 1.82) is 0 Å². The van der Waals surface area contributed by atoms with Gasteiger partial charge in [-0.05, 0) is 81.6 Å². The van der Waals surface area contributed by atoms with Crippen LogP contribution in [0.4, 0.5) is 59.9 Å². The predicted octanol–water partition coefficient (Wildman–Crippen LogP) is 4.32. The Balaban J connectivity index is -0.000000370. The van der Waals surface area contributed by atoms with E-state index in [2.05, 4.69) is 21.4 Å². The van der Waals surface area contributed by atoms with Crippen LogP contribution in [0.5, 0.6) is 0 Å². The van der Waals surface area contributed by atoms with E-state index < -0.39 is 59.6 Å². The van der Waals surface area contributed by atoms with Gasteiger partial charge in [-0.25, -0.2) is 38.4 Å². The molecule has 11 amide bonds. The number of urea groups is 4. The number of carboxylic acids is 2. The quantitative estimate of drug-likeness (QED) is 0.0684. The van der Waals surface area contributed by atoms with Gasteiger partial charge in [0.1, 0.15) is 16.8 Å². The van der Waals surface area contributed by atoms with E-state index in [0.29, 0.717) is 104 Å². The van der Waals surface area contributed by atoms with E-state index in [1.807, 2.05) is 67.2 Å². The number of methoxy groups -OCH3 is 2. The smallest absolute Gasteiger partial charge is 0.870 e. The third-order valence-electron chi connectivity index (χ3n) is 14.3. The summed E-state index contributed by atoms with van der Waals surface area (Å²) in [7, 11) is 2.64. The minimum atomic E-state index is -4.64. The number of amides is 11. The first kappa shape index (κ1) is 102. The summed E-state index contributed by atoms with van der Waals surface area (Å²) >= 11 is 0. The molecule has 0 saturated carbocycles. The third kappa shape index (κ3) is 37.5. The van der Waals surface area contributed by atoms with Crippen LogP contribution in [-0.2, 0) is 52.5 Å². The maximum Gasteiger partial charge on any atom is 1.00 e. The molecule has 4 atom stereocenters. The molecule has 0 bridgehead atoms. The van der Waals surface area contributed by atoms with Gasteiger partial charge in [-0.2, -0.15) is 26.3 Å². The molecule has 39 heteroatoms. The molecule has 8 heterocycles. The maximum absolute atomic E-state index is 12.3. The Bertz CT molecular complexity index is 2670. The van der Waals surface area contributed by atoms with Crippen molar-refractivity contribution in [2.45, 2.75) is 184 Å². The second kappa shape index (κ2) is 45.8. The van der Waals surface area contributed by atoms with E-state index in [4.69, 9.17) is 34.0 Å². The van der Waals surface area contributed by atoms with E-state index in [-0.39, 0.29) is 146 Å². The summed E-state index contributed by atoms with van der Waals surface area (Å²) in [6.07, 6.45) is -7.82. The molecule has 8 aliphatic rings. The number of rotatable bonds is 10. The van der Waals surface area contributed by atoms with E-state index in [1.165, 1.54) is 25.5 Å². The minimum Gasteiger partial charge on any atom is -0.870 e. The largest absolute Gasteiger partial charge is 1.00 e. The number of esters is 2. The van der Waals surface area contributed by atoms with Gasteiger partial charge in [-0.1, -0.05) is 36.3 Å². The number of carbonyl (C=O) groups excluding carboxylic acids is 11. The molecule has 8 saturated heterocycles. The van der Waals surface area contributed by atoms with Crippen LogP contribution in [-0.4, -0.2) is 322 Å². The van der Waals surface area contributed by atoms with Gasteiger partial charge in [0, 0.05) is 117 Å². The fourth-order valence-electron chi connectivity index (χ4n) is 10.0. The molecule has 0 aromatic rings. The molecule has 101 heavy (non-hydrogen) atoms. The second-order valence-electron chi connectivity index (χ2n) is 25.2. The Morgan fingerprint density at radius 1 is 0.495 bits per heavy atom. The van der Waals surface area contributed by atoms with Crippen molar-refractivity contribution >= 4 is 78.9 Å². The van der Waals surface area contributed by atoms with Crippen LogP contribution in [0, 0.1) is 0 Å². The van der Waals surface area contributed by atoms with Crippen LogP contribution < -0.4 is 24.2 Å². The molecule has 32 nitrogen and oxygen atoms in total. The first-order valence-electron chi connectivity index (χ1n) is 30.3. The molecular weight excluding hydrogens is 1360 g/mol. The summed E-state index contributed by atoms with van der Waals surface area (Å²) in [5.74, 6) is -2.49. The molecule has 0 aromatic heterocycles. The summed E-state index contributed by atoms with van der Waals surface area (Å²) in [4.78, 5) is 160. The molecule has 8 fully saturated rings. The molecule has 0 aliphatic carbocycles. The van der Waals surface area contributed by atoms with E-state index in [1.54, 1.807) is 39.2 Å². The summed E-state index contributed by atoms with van der Waals surface area (Å²) in [5, 5.41) is 20.1. The number of halogens is 6. The Morgan fingerprint density at radius 2 is 0.812 bits per heavy atom. The normalized spacial score (nSPS) is 19.3. The number of aldehydes is 2. The zero-order chi connectivity index (χ0) is 72.6. The third-order valence-corrected chi connectivity index (χ3v) is 14.3. The average Bonchev–Trinajstić information content (AvgIpc) is 1.69. The van der Waals surface area contributed by atoms with Gasteiger partial charge in [0.2, 0.25) is 12.6 Å². The standard InChI is InChI=1S/C15H25N3O5.C14H23N3O5.C11H19N3O3.C10H16N2O3.C4H6O2.2C2HF3O.4CH4.Li.H2O/c1-15(2,3)23-14(21)17-7-8-18-11(10-17)9-16(13(18)20)6-5-12(19)22-4;1-14(2,3)22-13(21)16-6-7-17-10(9-16)8-15(12(17)20)5-4-11(18)19;1-11(2,3)17-10(16)13-4-5-14-8(7-13)6-12-9(14)15;13-9(14)4-6-11-7-8-3-1-2-5-12(8)10(11)15;1-3-4(5)6-2;2*3-2(4,5)1-6;;;;;;/h11H,5-10H2,1-4H3;10H,4-9H2,1-3H3,(H,18,19);8H,4-7H2,1-3H3,(H,12,15);8H,1-7H2,(H,13,14);3H,1H2,2H3;2*1H;4*1H4;;1H2/q;;;;;;;;;;;+1;/p-1/t11-;10-;2*8-;;;;;;;;;/m1110........./s1. The van der Waals surface area contributed by atoms with Crippen molar-refractivity contribution in [2.75, 3.05) is 125 Å². The van der Waals surface area contributed by atoms with Crippen molar-refractivity contribution in [3.05, 3.63) is 12.7 Å². The van der Waals surface area contributed by atoms with Crippen molar-refractivity contribution in [3.63, 3.8) is 0 Å². The Morgan fingerprint density at radius 3 is 1.10 bits per heavy atom. The van der Waals surface area contributed by atoms with E-state index in [9.17, 15) is 79.1 Å². The average molecular weight is 1460 g/mol. The Hall–Kier alpha value is -8.01. The fraction of sp³-hybridized carbons (Fsp3) is 0.758. The Kier molecular flexibility index (Phi) is 46.1. The first-order chi connectivity index (χ1) is 43.9. The van der Waals surface area contributed by atoms with Gasteiger partial charge in [0.25, 0.3) is 0 Å². The summed E-state index contributed by atoms with van der Waals surface area (Å²) in [5.41, 5.74) is -1.56. The number of piperidine rings is 1. The fourth-order valence-corrected chi connectivity index (χ4v) is 10.0.